The number of aliphatic hydroxyl groups is 1. The van der Waals surface area contributed by atoms with Gasteiger partial charge < -0.3 is 24.1 Å². The second-order valence-electron chi connectivity index (χ2n) is 4.87. The number of carbonyl (C=O) groups is 3. The smallest absolute Gasteiger partial charge is 0.303 e. The number of rotatable bonds is 4. The second-order valence-corrected chi connectivity index (χ2v) is 4.87. The first-order valence-electron chi connectivity index (χ1n) is 6.53. The third-order valence-corrected chi connectivity index (χ3v) is 3.08. The highest BCUT2D eigenvalue weighted by Gasteiger charge is 2.47. The molecule has 0 bridgehead atoms. The molecule has 0 radical (unpaired) electrons. The van der Waals surface area contributed by atoms with Crippen molar-refractivity contribution in [3.8, 4) is 0 Å². The maximum atomic E-state index is 11.2. The van der Waals surface area contributed by atoms with Crippen molar-refractivity contribution in [1.29, 1.82) is 0 Å². The van der Waals surface area contributed by atoms with Gasteiger partial charge in [0, 0.05) is 26.7 Å². The summed E-state index contributed by atoms with van der Waals surface area (Å²) in [5, 5.41) is 9.92. The van der Waals surface area contributed by atoms with Gasteiger partial charge in [0.25, 0.3) is 0 Å². The Kier molecular flexibility index (Phi) is 6.10. The summed E-state index contributed by atoms with van der Waals surface area (Å²) in [6, 6.07) is 0. The van der Waals surface area contributed by atoms with Crippen molar-refractivity contribution in [3.63, 3.8) is 0 Å². The fourth-order valence-electron chi connectivity index (χ4n) is 2.13. The van der Waals surface area contributed by atoms with Crippen LogP contribution in [-0.4, -0.2) is 54.2 Å². The molecule has 0 aromatic heterocycles. The van der Waals surface area contributed by atoms with Crippen molar-refractivity contribution in [2.24, 2.45) is 5.92 Å². The number of hydrogen-bond acceptors (Lipinski definition) is 8. The second kappa shape index (κ2) is 7.37. The Balaban J connectivity index is 2.87. The molecule has 1 unspecified atom stereocenters. The zero-order chi connectivity index (χ0) is 16.2. The van der Waals surface area contributed by atoms with E-state index in [0.29, 0.717) is 0 Å². The quantitative estimate of drug-likeness (QED) is 0.560. The van der Waals surface area contributed by atoms with Gasteiger partial charge in [-0.05, 0) is 0 Å². The number of esters is 3. The SMILES string of the molecule is CC(=O)OC[C@H]1OC(O)[C@H](OC(C)=O)[C@@H](OC(C)=O)[C@H]1C. The molecule has 0 spiro atoms. The van der Waals surface area contributed by atoms with Gasteiger partial charge >= 0.3 is 17.9 Å². The lowest BCUT2D eigenvalue weighted by atomic mass is 9.90. The fraction of sp³-hybridized carbons (Fsp3) is 0.769. The van der Waals surface area contributed by atoms with Crippen molar-refractivity contribution in [2.75, 3.05) is 6.61 Å². The van der Waals surface area contributed by atoms with Crippen LogP contribution in [0.25, 0.3) is 0 Å². The third kappa shape index (κ3) is 4.98. The van der Waals surface area contributed by atoms with E-state index < -0.39 is 48.4 Å². The Labute approximate surface area is 122 Å². The molecule has 120 valence electrons. The van der Waals surface area contributed by atoms with E-state index in [2.05, 4.69) is 0 Å². The van der Waals surface area contributed by atoms with Crippen molar-refractivity contribution in [1.82, 2.24) is 0 Å². The highest BCUT2D eigenvalue weighted by molar-refractivity contribution is 5.67. The Morgan fingerprint density at radius 1 is 1.00 bits per heavy atom. The van der Waals surface area contributed by atoms with Crippen molar-refractivity contribution in [3.05, 3.63) is 0 Å². The Morgan fingerprint density at radius 2 is 1.52 bits per heavy atom. The van der Waals surface area contributed by atoms with Crippen molar-refractivity contribution >= 4 is 17.9 Å². The monoisotopic (exact) mass is 304 g/mol. The van der Waals surface area contributed by atoms with Crippen LogP contribution in [0, 0.1) is 5.92 Å². The average Bonchev–Trinajstić information content (AvgIpc) is 2.35. The molecule has 1 rings (SSSR count). The van der Waals surface area contributed by atoms with Crippen LogP contribution >= 0.6 is 0 Å². The fourth-order valence-corrected chi connectivity index (χ4v) is 2.13. The molecule has 0 aliphatic carbocycles. The Morgan fingerprint density at radius 3 is 2.00 bits per heavy atom. The van der Waals surface area contributed by atoms with Crippen LogP contribution in [0.4, 0.5) is 0 Å². The molecule has 1 N–H and O–H groups in total. The van der Waals surface area contributed by atoms with E-state index >= 15 is 0 Å². The molecule has 1 aliphatic rings. The van der Waals surface area contributed by atoms with Crippen LogP contribution in [0.5, 0.6) is 0 Å². The topological polar surface area (TPSA) is 108 Å². The molecule has 5 atom stereocenters. The normalized spacial score (nSPS) is 32.1. The molecule has 1 saturated heterocycles. The van der Waals surface area contributed by atoms with Crippen molar-refractivity contribution in [2.45, 2.75) is 52.3 Å². The highest BCUT2D eigenvalue weighted by atomic mass is 16.7. The van der Waals surface area contributed by atoms with E-state index in [0.717, 1.165) is 0 Å². The maximum absolute atomic E-state index is 11.2. The first-order chi connectivity index (χ1) is 9.72. The number of hydrogen-bond donors (Lipinski definition) is 1. The molecule has 1 fully saturated rings. The van der Waals surface area contributed by atoms with Crippen molar-refractivity contribution < 1.29 is 38.4 Å². The predicted octanol–water partition coefficient (Wildman–Crippen LogP) is -0.234. The number of carbonyl (C=O) groups excluding carboxylic acids is 3. The standard InChI is InChI=1S/C13H20O8/c1-6-10(5-18-7(2)14)21-13(17)12(20-9(4)16)11(6)19-8(3)15/h6,10-13,17H,5H2,1-4H3/t6-,10+,11-,12+,13?/m0/s1. The number of aliphatic hydroxyl groups excluding tert-OH is 1. The van der Waals surface area contributed by atoms with E-state index in [1.54, 1.807) is 6.92 Å². The predicted molar refractivity (Wildman–Crippen MR) is 67.8 cm³/mol. The molecule has 0 aromatic carbocycles. The summed E-state index contributed by atoms with van der Waals surface area (Å²) >= 11 is 0. The molecule has 8 nitrogen and oxygen atoms in total. The van der Waals surface area contributed by atoms with Gasteiger partial charge in [0.1, 0.15) is 18.8 Å². The zero-order valence-corrected chi connectivity index (χ0v) is 12.4. The minimum absolute atomic E-state index is 0.0991. The average molecular weight is 304 g/mol. The summed E-state index contributed by atoms with van der Waals surface area (Å²) < 4.78 is 20.2. The zero-order valence-electron chi connectivity index (χ0n) is 12.4. The summed E-state index contributed by atoms with van der Waals surface area (Å²) in [5.41, 5.74) is 0. The molecule has 0 saturated carbocycles. The van der Waals surface area contributed by atoms with Gasteiger partial charge in [-0.2, -0.15) is 0 Å². The van der Waals surface area contributed by atoms with Gasteiger partial charge in [-0.1, -0.05) is 6.92 Å². The lowest BCUT2D eigenvalue weighted by Crippen LogP contribution is -2.57. The molecule has 0 aromatic rings. The van der Waals surface area contributed by atoms with Crippen LogP contribution in [-0.2, 0) is 33.3 Å². The van der Waals surface area contributed by atoms with E-state index in [9.17, 15) is 19.5 Å². The maximum Gasteiger partial charge on any atom is 0.303 e. The van der Waals surface area contributed by atoms with Gasteiger partial charge in [-0.25, -0.2) is 0 Å². The van der Waals surface area contributed by atoms with Crippen LogP contribution in [0.1, 0.15) is 27.7 Å². The van der Waals surface area contributed by atoms with Crippen LogP contribution in [0.15, 0.2) is 0 Å². The molecule has 8 heteroatoms. The summed E-state index contributed by atoms with van der Waals surface area (Å²) in [6.07, 6.45) is -4.18. The summed E-state index contributed by atoms with van der Waals surface area (Å²) in [7, 11) is 0. The first kappa shape index (κ1) is 17.4. The molecule has 1 heterocycles. The van der Waals surface area contributed by atoms with Crippen LogP contribution in [0.3, 0.4) is 0 Å². The first-order valence-corrected chi connectivity index (χ1v) is 6.53. The lowest BCUT2D eigenvalue weighted by Gasteiger charge is -2.42. The third-order valence-electron chi connectivity index (χ3n) is 3.08. The molecule has 0 amide bonds. The lowest BCUT2D eigenvalue weighted by molar-refractivity contribution is -0.280. The summed E-state index contributed by atoms with van der Waals surface area (Å²) in [5.74, 6) is -2.15. The highest BCUT2D eigenvalue weighted by Crippen LogP contribution is 2.29. The summed E-state index contributed by atoms with van der Waals surface area (Å²) in [6.45, 7) is 5.21. The van der Waals surface area contributed by atoms with E-state index in [1.807, 2.05) is 0 Å². The van der Waals surface area contributed by atoms with E-state index in [4.69, 9.17) is 18.9 Å². The Hall–Kier alpha value is -1.67. The van der Waals surface area contributed by atoms with Gasteiger partial charge in [0.2, 0.25) is 0 Å². The van der Waals surface area contributed by atoms with Gasteiger partial charge in [-0.3, -0.25) is 14.4 Å². The largest absolute Gasteiger partial charge is 0.463 e. The minimum atomic E-state index is -1.48. The van der Waals surface area contributed by atoms with E-state index in [-0.39, 0.29) is 6.61 Å². The van der Waals surface area contributed by atoms with Gasteiger partial charge in [0.05, 0.1) is 0 Å². The molecular weight excluding hydrogens is 284 g/mol. The minimum Gasteiger partial charge on any atom is -0.463 e. The summed E-state index contributed by atoms with van der Waals surface area (Å²) in [4.78, 5) is 33.1. The van der Waals surface area contributed by atoms with Crippen LogP contribution < -0.4 is 0 Å². The van der Waals surface area contributed by atoms with Gasteiger partial charge in [-0.15, -0.1) is 0 Å². The van der Waals surface area contributed by atoms with Crippen LogP contribution in [0.2, 0.25) is 0 Å². The van der Waals surface area contributed by atoms with Gasteiger partial charge in [0.15, 0.2) is 12.4 Å². The molecule has 21 heavy (non-hydrogen) atoms. The molecule has 1 aliphatic heterocycles. The molecular formula is C13H20O8. The van der Waals surface area contributed by atoms with E-state index in [1.165, 1.54) is 20.8 Å². The Bertz CT molecular complexity index is 407. The number of ether oxygens (including phenoxy) is 4.